The van der Waals surface area contributed by atoms with Crippen LogP contribution in [0.25, 0.3) is 0 Å². The first-order valence-electron chi connectivity index (χ1n) is 5.09. The Balaban J connectivity index is 2.04. The second kappa shape index (κ2) is 4.74. The number of aryl methyl sites for hydroxylation is 2. The molecule has 1 aromatic heterocycles. The summed E-state index contributed by atoms with van der Waals surface area (Å²) >= 11 is 3.26. The molecular formula is C13H13BrO2. The Morgan fingerprint density at radius 3 is 2.38 bits per heavy atom. The lowest BCUT2D eigenvalue weighted by atomic mass is 10.1. The average Bonchev–Trinajstić information content (AvgIpc) is 2.60. The number of hydrogen-bond acceptors (Lipinski definition) is 2. The molecule has 0 saturated carbocycles. The molecule has 0 radical (unpaired) electrons. The fraction of sp³-hybridized carbons (Fsp3) is 0.231. The molecule has 0 unspecified atom stereocenters. The minimum Gasteiger partial charge on any atom is -0.486 e. The third kappa shape index (κ3) is 2.89. The van der Waals surface area contributed by atoms with Gasteiger partial charge in [-0.3, -0.25) is 0 Å². The van der Waals surface area contributed by atoms with Crippen molar-refractivity contribution < 1.29 is 9.15 Å². The summed E-state index contributed by atoms with van der Waals surface area (Å²) in [5.41, 5.74) is 2.41. The molecule has 2 rings (SSSR count). The average molecular weight is 281 g/mol. The highest BCUT2D eigenvalue weighted by atomic mass is 79.9. The summed E-state index contributed by atoms with van der Waals surface area (Å²) in [4.78, 5) is 0. The van der Waals surface area contributed by atoms with Crippen LogP contribution in [0.2, 0.25) is 0 Å². The van der Waals surface area contributed by atoms with E-state index in [-0.39, 0.29) is 0 Å². The van der Waals surface area contributed by atoms with E-state index in [1.54, 1.807) is 0 Å². The maximum atomic E-state index is 5.65. The van der Waals surface area contributed by atoms with Crippen molar-refractivity contribution in [2.24, 2.45) is 0 Å². The highest BCUT2D eigenvalue weighted by Crippen LogP contribution is 2.19. The first-order valence-corrected chi connectivity index (χ1v) is 5.88. The molecule has 0 spiro atoms. The van der Waals surface area contributed by atoms with Gasteiger partial charge in [0.2, 0.25) is 0 Å². The Morgan fingerprint density at radius 2 is 1.81 bits per heavy atom. The number of halogens is 1. The van der Waals surface area contributed by atoms with Gasteiger partial charge in [0.05, 0.1) is 0 Å². The third-order valence-corrected chi connectivity index (χ3v) is 2.63. The molecule has 0 aliphatic carbocycles. The number of furan rings is 1. The van der Waals surface area contributed by atoms with Gasteiger partial charge in [0.1, 0.15) is 18.1 Å². The van der Waals surface area contributed by atoms with Gasteiger partial charge in [-0.15, -0.1) is 0 Å². The second-order valence-electron chi connectivity index (χ2n) is 3.82. The SMILES string of the molecule is Cc1cc(C)cc(OCc2ccc(Br)o2)c1. The monoisotopic (exact) mass is 280 g/mol. The minimum absolute atomic E-state index is 0.453. The van der Waals surface area contributed by atoms with Gasteiger partial charge in [0, 0.05) is 0 Å². The quantitative estimate of drug-likeness (QED) is 0.839. The van der Waals surface area contributed by atoms with Gasteiger partial charge in [-0.05, 0) is 65.2 Å². The largest absolute Gasteiger partial charge is 0.486 e. The van der Waals surface area contributed by atoms with Crippen molar-refractivity contribution in [3.05, 3.63) is 51.9 Å². The van der Waals surface area contributed by atoms with E-state index in [2.05, 4.69) is 35.8 Å². The van der Waals surface area contributed by atoms with Gasteiger partial charge >= 0.3 is 0 Å². The summed E-state index contributed by atoms with van der Waals surface area (Å²) in [7, 11) is 0. The summed E-state index contributed by atoms with van der Waals surface area (Å²) in [6, 6.07) is 9.92. The molecular weight excluding hydrogens is 268 g/mol. The molecule has 84 valence electrons. The third-order valence-electron chi connectivity index (χ3n) is 2.21. The molecule has 0 fully saturated rings. The van der Waals surface area contributed by atoms with Crippen molar-refractivity contribution in [3.8, 4) is 5.75 Å². The molecule has 0 saturated heterocycles. The zero-order valence-electron chi connectivity index (χ0n) is 9.29. The fourth-order valence-corrected chi connectivity index (χ4v) is 1.94. The molecule has 0 N–H and O–H groups in total. The summed E-state index contributed by atoms with van der Waals surface area (Å²) in [5, 5.41) is 0. The summed E-state index contributed by atoms with van der Waals surface area (Å²) in [5.74, 6) is 1.69. The van der Waals surface area contributed by atoms with Crippen LogP contribution in [0.4, 0.5) is 0 Å². The van der Waals surface area contributed by atoms with E-state index >= 15 is 0 Å². The first kappa shape index (κ1) is 11.3. The van der Waals surface area contributed by atoms with Gasteiger partial charge in [-0.2, -0.15) is 0 Å². The number of benzene rings is 1. The standard InChI is InChI=1S/C13H13BrO2/c1-9-5-10(2)7-12(6-9)15-8-11-3-4-13(14)16-11/h3-7H,8H2,1-2H3. The molecule has 0 aliphatic rings. The highest BCUT2D eigenvalue weighted by Gasteiger charge is 2.01. The molecule has 3 heteroatoms. The fourth-order valence-electron chi connectivity index (χ4n) is 1.60. The minimum atomic E-state index is 0.453. The maximum Gasteiger partial charge on any atom is 0.169 e. The van der Waals surface area contributed by atoms with Gasteiger partial charge in [0.25, 0.3) is 0 Å². The van der Waals surface area contributed by atoms with E-state index in [4.69, 9.17) is 9.15 Å². The van der Waals surface area contributed by atoms with Crippen LogP contribution in [0.15, 0.2) is 39.4 Å². The van der Waals surface area contributed by atoms with Crippen molar-refractivity contribution in [1.82, 2.24) is 0 Å². The molecule has 1 heterocycles. The molecule has 1 aromatic carbocycles. The summed E-state index contributed by atoms with van der Waals surface area (Å²) < 4.78 is 11.7. The van der Waals surface area contributed by atoms with Crippen LogP contribution in [0, 0.1) is 13.8 Å². The van der Waals surface area contributed by atoms with Gasteiger partial charge in [-0.1, -0.05) is 6.07 Å². The number of hydrogen-bond donors (Lipinski definition) is 0. The zero-order valence-corrected chi connectivity index (χ0v) is 10.9. The highest BCUT2D eigenvalue weighted by molar-refractivity contribution is 9.10. The lowest BCUT2D eigenvalue weighted by molar-refractivity contribution is 0.267. The van der Waals surface area contributed by atoms with Gasteiger partial charge in [0.15, 0.2) is 4.67 Å². The first-order chi connectivity index (χ1) is 7.63. The van der Waals surface area contributed by atoms with Crippen LogP contribution in [0.5, 0.6) is 5.75 Å². The van der Waals surface area contributed by atoms with Crippen LogP contribution >= 0.6 is 15.9 Å². The number of rotatable bonds is 3. The number of ether oxygens (including phenoxy) is 1. The van der Waals surface area contributed by atoms with E-state index in [0.29, 0.717) is 6.61 Å². The molecule has 2 nitrogen and oxygen atoms in total. The zero-order chi connectivity index (χ0) is 11.5. The lowest BCUT2D eigenvalue weighted by Gasteiger charge is -2.06. The van der Waals surface area contributed by atoms with E-state index < -0.39 is 0 Å². The lowest BCUT2D eigenvalue weighted by Crippen LogP contribution is -1.94. The Morgan fingerprint density at radius 1 is 1.12 bits per heavy atom. The summed E-state index contributed by atoms with van der Waals surface area (Å²) in [6.45, 7) is 4.57. The van der Waals surface area contributed by atoms with E-state index in [0.717, 1.165) is 16.2 Å². The second-order valence-corrected chi connectivity index (χ2v) is 4.60. The van der Waals surface area contributed by atoms with Crippen LogP contribution in [0.3, 0.4) is 0 Å². The smallest absolute Gasteiger partial charge is 0.169 e. The Hall–Kier alpha value is -1.22. The topological polar surface area (TPSA) is 22.4 Å². The predicted octanol–water partition coefficient (Wildman–Crippen LogP) is 4.24. The molecule has 0 atom stereocenters. The van der Waals surface area contributed by atoms with E-state index in [9.17, 15) is 0 Å². The molecule has 0 aliphatic heterocycles. The Bertz CT molecular complexity index is 468. The van der Waals surface area contributed by atoms with Crippen LogP contribution in [0.1, 0.15) is 16.9 Å². The van der Waals surface area contributed by atoms with E-state index in [1.807, 2.05) is 24.3 Å². The van der Waals surface area contributed by atoms with Gasteiger partial charge in [-0.25, -0.2) is 0 Å². The maximum absolute atomic E-state index is 5.65. The molecule has 0 amide bonds. The van der Waals surface area contributed by atoms with Crippen molar-refractivity contribution in [1.29, 1.82) is 0 Å². The van der Waals surface area contributed by atoms with Crippen LogP contribution in [-0.2, 0) is 6.61 Å². The molecule has 2 aromatic rings. The Labute approximate surface area is 103 Å². The molecule has 0 bridgehead atoms. The molecule has 16 heavy (non-hydrogen) atoms. The van der Waals surface area contributed by atoms with Crippen molar-refractivity contribution >= 4 is 15.9 Å². The predicted molar refractivity (Wildman–Crippen MR) is 66.7 cm³/mol. The Kier molecular flexibility index (Phi) is 3.34. The van der Waals surface area contributed by atoms with Crippen molar-refractivity contribution in [2.45, 2.75) is 20.5 Å². The van der Waals surface area contributed by atoms with Crippen molar-refractivity contribution in [3.63, 3.8) is 0 Å². The van der Waals surface area contributed by atoms with Crippen LogP contribution < -0.4 is 4.74 Å². The van der Waals surface area contributed by atoms with Gasteiger partial charge < -0.3 is 9.15 Å². The van der Waals surface area contributed by atoms with Crippen LogP contribution in [-0.4, -0.2) is 0 Å². The van der Waals surface area contributed by atoms with E-state index in [1.165, 1.54) is 11.1 Å². The van der Waals surface area contributed by atoms with Crippen molar-refractivity contribution in [2.75, 3.05) is 0 Å². The summed E-state index contributed by atoms with van der Waals surface area (Å²) in [6.07, 6.45) is 0. The normalized spacial score (nSPS) is 10.4.